The minimum atomic E-state index is -2.41. The van der Waals surface area contributed by atoms with Gasteiger partial charge in [-0.25, -0.2) is 4.39 Å². The molecule has 1 aromatic heterocycles. The Balaban J connectivity index is 0.000000980. The SMILES string of the molecule is O=S([O-])c1cc2cc(F)ccc2o1.[Na+]. The zero-order valence-corrected chi connectivity index (χ0v) is 10.1. The van der Waals surface area contributed by atoms with Crippen LogP contribution >= 0.6 is 0 Å². The van der Waals surface area contributed by atoms with E-state index in [1.54, 1.807) is 0 Å². The van der Waals surface area contributed by atoms with E-state index in [2.05, 4.69) is 0 Å². The van der Waals surface area contributed by atoms with E-state index >= 15 is 0 Å². The van der Waals surface area contributed by atoms with Crippen LogP contribution in [0.2, 0.25) is 0 Å². The first-order chi connectivity index (χ1) is 6.16. The van der Waals surface area contributed by atoms with Gasteiger partial charge in [-0.3, -0.25) is 4.21 Å². The molecule has 0 bridgehead atoms. The van der Waals surface area contributed by atoms with Gasteiger partial charge in [0.05, 0.1) is 0 Å². The fourth-order valence-corrected chi connectivity index (χ4v) is 1.45. The monoisotopic (exact) mass is 222 g/mol. The Bertz CT molecular complexity index is 482. The second kappa shape index (κ2) is 4.55. The van der Waals surface area contributed by atoms with Gasteiger partial charge in [-0.1, -0.05) is 0 Å². The molecule has 0 radical (unpaired) electrons. The summed E-state index contributed by atoms with van der Waals surface area (Å²) in [6.45, 7) is 0. The van der Waals surface area contributed by atoms with E-state index in [9.17, 15) is 13.2 Å². The Hall–Kier alpha value is -0.200. The number of fused-ring (bicyclic) bond motifs is 1. The molecular weight excluding hydrogens is 218 g/mol. The van der Waals surface area contributed by atoms with Gasteiger partial charge in [0.1, 0.15) is 11.4 Å². The van der Waals surface area contributed by atoms with E-state index in [4.69, 9.17) is 4.42 Å². The van der Waals surface area contributed by atoms with Crippen LogP contribution in [0, 0.1) is 5.82 Å². The van der Waals surface area contributed by atoms with Crippen LogP contribution in [0.4, 0.5) is 4.39 Å². The average molecular weight is 222 g/mol. The Morgan fingerprint density at radius 2 is 2.07 bits per heavy atom. The fourth-order valence-electron chi connectivity index (χ4n) is 1.07. The molecular formula is C8H4FNaO3S. The van der Waals surface area contributed by atoms with Gasteiger partial charge in [0.15, 0.2) is 5.09 Å². The van der Waals surface area contributed by atoms with Gasteiger partial charge >= 0.3 is 29.6 Å². The summed E-state index contributed by atoms with van der Waals surface area (Å²) in [4.78, 5) is 0. The number of hydrogen-bond donors (Lipinski definition) is 0. The van der Waals surface area contributed by atoms with Crippen LogP contribution in [0.3, 0.4) is 0 Å². The Morgan fingerprint density at radius 1 is 1.36 bits per heavy atom. The average Bonchev–Trinajstić information content (AvgIpc) is 2.46. The largest absolute Gasteiger partial charge is 1.00 e. The minimum absolute atomic E-state index is 0. The summed E-state index contributed by atoms with van der Waals surface area (Å²) in [6, 6.07) is 5.10. The van der Waals surface area contributed by atoms with Crippen molar-refractivity contribution in [1.29, 1.82) is 0 Å². The molecule has 0 aliphatic carbocycles. The second-order valence-corrected chi connectivity index (χ2v) is 3.35. The molecule has 2 rings (SSSR count). The Labute approximate surface area is 104 Å². The third-order valence-corrected chi connectivity index (χ3v) is 2.15. The first kappa shape index (κ1) is 11.9. The summed E-state index contributed by atoms with van der Waals surface area (Å²) in [5, 5.41) is 0.264. The fraction of sp³-hybridized carbons (Fsp3) is 0. The number of rotatable bonds is 1. The van der Waals surface area contributed by atoms with Crippen LogP contribution in [-0.2, 0) is 11.1 Å². The van der Waals surface area contributed by atoms with Gasteiger partial charge in [-0.05, 0) is 18.2 Å². The molecule has 2 aromatic rings. The molecule has 0 spiro atoms. The van der Waals surface area contributed by atoms with E-state index in [1.165, 1.54) is 24.3 Å². The summed E-state index contributed by atoms with van der Waals surface area (Å²) < 4.78 is 38.5. The maximum atomic E-state index is 12.7. The topological polar surface area (TPSA) is 53.3 Å². The maximum Gasteiger partial charge on any atom is 1.00 e. The molecule has 1 atom stereocenters. The standard InChI is InChI=1S/C8H5FO3S.Na/c9-6-1-2-7-5(3-6)4-8(12-7)13(10)11;/h1-4H,(H,10,11);/q;+1/p-1. The quantitative estimate of drug-likeness (QED) is 0.450. The third-order valence-electron chi connectivity index (χ3n) is 1.62. The molecule has 0 aliphatic rings. The van der Waals surface area contributed by atoms with E-state index in [1.807, 2.05) is 0 Å². The Kier molecular flexibility index (Phi) is 3.86. The summed E-state index contributed by atoms with van der Waals surface area (Å²) in [7, 11) is 0. The Morgan fingerprint density at radius 3 is 2.71 bits per heavy atom. The van der Waals surface area contributed by atoms with Crippen LogP contribution in [0.5, 0.6) is 0 Å². The number of hydrogen-bond acceptors (Lipinski definition) is 3. The molecule has 68 valence electrons. The second-order valence-electron chi connectivity index (χ2n) is 2.48. The number of furan rings is 1. The van der Waals surface area contributed by atoms with Gasteiger partial charge in [-0.15, -0.1) is 0 Å². The number of benzene rings is 1. The van der Waals surface area contributed by atoms with Gasteiger partial charge in [0, 0.05) is 22.5 Å². The molecule has 0 N–H and O–H groups in total. The first-order valence-electron chi connectivity index (χ1n) is 3.45. The molecule has 14 heavy (non-hydrogen) atoms. The van der Waals surface area contributed by atoms with Crippen molar-refractivity contribution in [3.05, 3.63) is 30.1 Å². The zero-order chi connectivity index (χ0) is 9.42. The van der Waals surface area contributed by atoms with Crippen LogP contribution in [0.25, 0.3) is 11.0 Å². The molecule has 0 aliphatic heterocycles. The van der Waals surface area contributed by atoms with Crippen molar-refractivity contribution in [3.8, 4) is 0 Å². The smallest absolute Gasteiger partial charge is 0.766 e. The van der Waals surface area contributed by atoms with Gasteiger partial charge in [0.25, 0.3) is 0 Å². The van der Waals surface area contributed by atoms with E-state index in [0.717, 1.165) is 0 Å². The predicted octanol–water partition coefficient (Wildman–Crippen LogP) is -1.19. The summed E-state index contributed by atoms with van der Waals surface area (Å²) in [5.74, 6) is -0.420. The van der Waals surface area contributed by atoms with Crippen LogP contribution < -0.4 is 29.6 Å². The van der Waals surface area contributed by atoms with Crippen LogP contribution in [0.15, 0.2) is 33.8 Å². The van der Waals surface area contributed by atoms with Crippen molar-refractivity contribution in [2.24, 2.45) is 0 Å². The van der Waals surface area contributed by atoms with Crippen LogP contribution in [-0.4, -0.2) is 8.76 Å². The predicted molar refractivity (Wildman–Crippen MR) is 43.4 cm³/mol. The summed E-state index contributed by atoms with van der Waals surface area (Å²) in [5.41, 5.74) is 0.362. The first-order valence-corrected chi connectivity index (χ1v) is 4.52. The van der Waals surface area contributed by atoms with Crippen molar-refractivity contribution < 1.29 is 47.1 Å². The van der Waals surface area contributed by atoms with Crippen LogP contribution in [0.1, 0.15) is 0 Å². The molecule has 1 heterocycles. The van der Waals surface area contributed by atoms with Crippen molar-refractivity contribution >= 4 is 22.0 Å². The minimum Gasteiger partial charge on any atom is -0.766 e. The maximum absolute atomic E-state index is 12.7. The third kappa shape index (κ3) is 2.24. The van der Waals surface area contributed by atoms with Gasteiger partial charge in [-0.2, -0.15) is 0 Å². The zero-order valence-electron chi connectivity index (χ0n) is 7.32. The summed E-state index contributed by atoms with van der Waals surface area (Å²) in [6.07, 6.45) is 0. The molecule has 1 unspecified atom stereocenters. The van der Waals surface area contributed by atoms with Crippen molar-refractivity contribution in [3.63, 3.8) is 0 Å². The van der Waals surface area contributed by atoms with Crippen molar-refractivity contribution in [2.75, 3.05) is 0 Å². The molecule has 6 heteroatoms. The van der Waals surface area contributed by atoms with E-state index < -0.39 is 16.9 Å². The number of halogens is 1. The molecule has 3 nitrogen and oxygen atoms in total. The van der Waals surface area contributed by atoms with Crippen molar-refractivity contribution in [2.45, 2.75) is 5.09 Å². The van der Waals surface area contributed by atoms with E-state index in [-0.39, 0.29) is 34.6 Å². The normalized spacial score (nSPS) is 12.4. The summed E-state index contributed by atoms with van der Waals surface area (Å²) >= 11 is -2.41. The van der Waals surface area contributed by atoms with Gasteiger partial charge in [0.2, 0.25) is 0 Å². The molecule has 0 amide bonds. The van der Waals surface area contributed by atoms with Crippen molar-refractivity contribution in [1.82, 2.24) is 0 Å². The van der Waals surface area contributed by atoms with Gasteiger partial charge < -0.3 is 8.97 Å². The van der Waals surface area contributed by atoms with E-state index in [0.29, 0.717) is 11.0 Å². The molecule has 0 saturated carbocycles. The molecule has 0 fully saturated rings. The molecule has 1 aromatic carbocycles. The molecule has 0 saturated heterocycles.